The van der Waals surface area contributed by atoms with Gasteiger partial charge in [-0.15, -0.1) is 0 Å². The fraction of sp³-hybridized carbons (Fsp3) is 0.458. The molecule has 32 heavy (non-hydrogen) atoms. The van der Waals surface area contributed by atoms with Gasteiger partial charge in [-0.1, -0.05) is 20.8 Å². The maximum absolute atomic E-state index is 13.1. The van der Waals surface area contributed by atoms with Crippen molar-refractivity contribution >= 4 is 27.3 Å². The average Bonchev–Trinajstić information content (AvgIpc) is 2.83. The standard InChI is InChI=1S/C24H32N2O5S/c1-6-13-26-21-14-18(7-12-22(21)31-16-24(4,5)23(26)27)25-32(28,29)20-10-8-19(9-11-20)30-15-17(2)3/h7-12,14,17,25H,6,13,15-16H2,1-5H3. The van der Waals surface area contributed by atoms with Crippen LogP contribution in [-0.2, 0) is 14.8 Å². The van der Waals surface area contributed by atoms with Crippen molar-refractivity contribution in [2.75, 3.05) is 29.4 Å². The Morgan fingerprint density at radius 1 is 1.16 bits per heavy atom. The number of nitrogens with one attached hydrogen (secondary N) is 1. The molecule has 0 saturated carbocycles. The number of rotatable bonds is 8. The number of benzene rings is 2. The minimum atomic E-state index is -3.81. The fourth-order valence-electron chi connectivity index (χ4n) is 3.35. The van der Waals surface area contributed by atoms with Crippen LogP contribution in [0.5, 0.6) is 11.5 Å². The van der Waals surface area contributed by atoms with Gasteiger partial charge in [-0.25, -0.2) is 8.42 Å². The molecule has 0 bridgehead atoms. The Kier molecular flexibility index (Phi) is 7.03. The van der Waals surface area contributed by atoms with Crippen LogP contribution in [0.25, 0.3) is 0 Å². The summed E-state index contributed by atoms with van der Waals surface area (Å²) in [6, 6.07) is 11.3. The second kappa shape index (κ2) is 9.40. The molecule has 1 N–H and O–H groups in total. The highest BCUT2D eigenvalue weighted by Crippen LogP contribution is 2.38. The lowest BCUT2D eigenvalue weighted by atomic mass is 9.93. The molecule has 1 amide bonds. The maximum Gasteiger partial charge on any atom is 0.261 e. The SMILES string of the molecule is CCCN1C(=O)C(C)(C)COc2ccc(NS(=O)(=O)c3ccc(OCC(C)C)cc3)cc21. The lowest BCUT2D eigenvalue weighted by molar-refractivity contribution is -0.127. The Bertz CT molecular complexity index is 1060. The Morgan fingerprint density at radius 3 is 2.47 bits per heavy atom. The van der Waals surface area contributed by atoms with Gasteiger partial charge in [0.15, 0.2) is 0 Å². The number of nitrogens with zero attached hydrogens (tertiary/aromatic N) is 1. The monoisotopic (exact) mass is 460 g/mol. The summed E-state index contributed by atoms with van der Waals surface area (Å²) in [5.41, 5.74) is 0.258. The Morgan fingerprint density at radius 2 is 1.84 bits per heavy atom. The minimum absolute atomic E-state index is 0.0462. The molecular weight excluding hydrogens is 428 g/mol. The van der Waals surface area contributed by atoms with E-state index in [9.17, 15) is 13.2 Å². The van der Waals surface area contributed by atoms with Gasteiger partial charge in [-0.05, 0) is 68.7 Å². The van der Waals surface area contributed by atoms with Crippen LogP contribution in [0.4, 0.5) is 11.4 Å². The summed E-state index contributed by atoms with van der Waals surface area (Å²) in [5.74, 6) is 1.51. The summed E-state index contributed by atoms with van der Waals surface area (Å²) in [4.78, 5) is 14.9. The van der Waals surface area contributed by atoms with E-state index in [1.165, 1.54) is 12.1 Å². The summed E-state index contributed by atoms with van der Waals surface area (Å²) in [6.07, 6.45) is 0.766. The van der Waals surface area contributed by atoms with Crippen molar-refractivity contribution in [2.45, 2.75) is 45.9 Å². The molecular formula is C24H32N2O5S. The van der Waals surface area contributed by atoms with Gasteiger partial charge in [0.1, 0.15) is 18.1 Å². The van der Waals surface area contributed by atoms with Crippen molar-refractivity contribution < 1.29 is 22.7 Å². The van der Waals surface area contributed by atoms with Crippen molar-refractivity contribution in [3.05, 3.63) is 42.5 Å². The van der Waals surface area contributed by atoms with Crippen molar-refractivity contribution in [2.24, 2.45) is 11.3 Å². The molecule has 0 radical (unpaired) electrons. The largest absolute Gasteiger partial charge is 0.493 e. The highest BCUT2D eigenvalue weighted by atomic mass is 32.2. The average molecular weight is 461 g/mol. The quantitative estimate of drug-likeness (QED) is 0.618. The van der Waals surface area contributed by atoms with E-state index >= 15 is 0 Å². The second-order valence-electron chi connectivity index (χ2n) is 9.09. The third-order valence-electron chi connectivity index (χ3n) is 5.08. The Labute approximate surface area is 190 Å². The van der Waals surface area contributed by atoms with E-state index in [0.717, 1.165) is 6.42 Å². The predicted molar refractivity (Wildman–Crippen MR) is 126 cm³/mol. The number of hydrogen-bond acceptors (Lipinski definition) is 5. The molecule has 3 rings (SSSR count). The molecule has 0 unspecified atom stereocenters. The van der Waals surface area contributed by atoms with E-state index in [1.54, 1.807) is 35.2 Å². The van der Waals surface area contributed by atoms with Gasteiger partial charge in [0.05, 0.1) is 28.3 Å². The van der Waals surface area contributed by atoms with Crippen molar-refractivity contribution in [3.8, 4) is 11.5 Å². The third kappa shape index (κ3) is 5.35. The molecule has 0 spiro atoms. The van der Waals surface area contributed by atoms with E-state index in [1.807, 2.05) is 34.6 Å². The van der Waals surface area contributed by atoms with Crippen LogP contribution in [0, 0.1) is 11.3 Å². The zero-order valence-corrected chi connectivity index (χ0v) is 20.2. The van der Waals surface area contributed by atoms with Gasteiger partial charge in [0.25, 0.3) is 10.0 Å². The first kappa shape index (κ1) is 23.9. The first-order valence-corrected chi connectivity index (χ1v) is 12.4. The first-order valence-electron chi connectivity index (χ1n) is 10.9. The second-order valence-corrected chi connectivity index (χ2v) is 10.8. The van der Waals surface area contributed by atoms with Crippen LogP contribution in [0.2, 0.25) is 0 Å². The minimum Gasteiger partial charge on any atom is -0.493 e. The van der Waals surface area contributed by atoms with E-state index in [4.69, 9.17) is 9.47 Å². The van der Waals surface area contributed by atoms with Crippen molar-refractivity contribution in [3.63, 3.8) is 0 Å². The van der Waals surface area contributed by atoms with Gasteiger partial charge < -0.3 is 14.4 Å². The zero-order chi connectivity index (χ0) is 23.5. The molecule has 7 nitrogen and oxygen atoms in total. The van der Waals surface area contributed by atoms with E-state index in [-0.39, 0.29) is 17.4 Å². The highest BCUT2D eigenvalue weighted by Gasteiger charge is 2.37. The Balaban J connectivity index is 1.85. The van der Waals surface area contributed by atoms with Gasteiger partial charge in [-0.2, -0.15) is 0 Å². The molecule has 0 aromatic heterocycles. The lowest BCUT2D eigenvalue weighted by Gasteiger charge is -2.28. The van der Waals surface area contributed by atoms with E-state index in [0.29, 0.717) is 41.9 Å². The normalized spacial score (nSPS) is 15.7. The number of ether oxygens (including phenoxy) is 2. The van der Waals surface area contributed by atoms with Crippen molar-refractivity contribution in [1.29, 1.82) is 0 Å². The van der Waals surface area contributed by atoms with Crippen LogP contribution in [0.3, 0.4) is 0 Å². The molecule has 1 aliphatic heterocycles. The summed E-state index contributed by atoms with van der Waals surface area (Å²) in [6.45, 7) is 11.1. The first-order chi connectivity index (χ1) is 15.0. The smallest absolute Gasteiger partial charge is 0.261 e. The fourth-order valence-corrected chi connectivity index (χ4v) is 4.40. The topological polar surface area (TPSA) is 84.9 Å². The molecule has 0 fully saturated rings. The lowest BCUT2D eigenvalue weighted by Crippen LogP contribution is -2.42. The van der Waals surface area contributed by atoms with E-state index in [2.05, 4.69) is 4.72 Å². The number of anilines is 2. The van der Waals surface area contributed by atoms with Crippen LogP contribution in [-0.4, -0.2) is 34.1 Å². The maximum atomic E-state index is 13.1. The van der Waals surface area contributed by atoms with Crippen LogP contribution in [0.1, 0.15) is 41.0 Å². The number of fused-ring (bicyclic) bond motifs is 1. The van der Waals surface area contributed by atoms with Gasteiger partial charge in [0.2, 0.25) is 5.91 Å². The van der Waals surface area contributed by atoms with Gasteiger partial charge in [-0.3, -0.25) is 9.52 Å². The van der Waals surface area contributed by atoms with E-state index < -0.39 is 15.4 Å². The highest BCUT2D eigenvalue weighted by molar-refractivity contribution is 7.92. The number of amides is 1. The number of hydrogen-bond donors (Lipinski definition) is 1. The third-order valence-corrected chi connectivity index (χ3v) is 6.48. The summed E-state index contributed by atoms with van der Waals surface area (Å²) < 4.78 is 40.0. The molecule has 174 valence electrons. The summed E-state index contributed by atoms with van der Waals surface area (Å²) in [7, 11) is -3.81. The summed E-state index contributed by atoms with van der Waals surface area (Å²) in [5, 5.41) is 0. The van der Waals surface area contributed by atoms with Crippen LogP contribution < -0.4 is 19.1 Å². The number of carbonyl (C=O) groups is 1. The molecule has 1 aliphatic rings. The molecule has 1 heterocycles. The Hall–Kier alpha value is -2.74. The molecule has 2 aromatic carbocycles. The van der Waals surface area contributed by atoms with Crippen LogP contribution in [0.15, 0.2) is 47.4 Å². The van der Waals surface area contributed by atoms with Crippen LogP contribution >= 0.6 is 0 Å². The van der Waals surface area contributed by atoms with Gasteiger partial charge in [0, 0.05) is 6.54 Å². The summed E-state index contributed by atoms with van der Waals surface area (Å²) >= 11 is 0. The molecule has 0 atom stereocenters. The number of sulfonamides is 1. The molecule has 2 aromatic rings. The molecule has 8 heteroatoms. The van der Waals surface area contributed by atoms with Crippen molar-refractivity contribution in [1.82, 2.24) is 0 Å². The molecule has 0 aliphatic carbocycles. The number of carbonyl (C=O) groups excluding carboxylic acids is 1. The molecule has 0 saturated heterocycles. The van der Waals surface area contributed by atoms with Gasteiger partial charge >= 0.3 is 0 Å². The predicted octanol–water partition coefficient (Wildman–Crippen LogP) is 4.68. The zero-order valence-electron chi connectivity index (χ0n) is 19.3.